The van der Waals surface area contributed by atoms with E-state index in [1.165, 1.54) is 0 Å². The molecule has 0 spiro atoms. The third-order valence-corrected chi connectivity index (χ3v) is 4.94. The van der Waals surface area contributed by atoms with Crippen LogP contribution in [-0.4, -0.2) is 47.7 Å². The fourth-order valence-corrected chi connectivity index (χ4v) is 3.30. The third-order valence-electron chi connectivity index (χ3n) is 4.94. The van der Waals surface area contributed by atoms with E-state index in [1.807, 2.05) is 18.2 Å². The Kier molecular flexibility index (Phi) is 4.87. The lowest BCUT2D eigenvalue weighted by Gasteiger charge is -2.31. The average molecular weight is 372 g/mol. The van der Waals surface area contributed by atoms with Crippen LogP contribution in [-0.2, 0) is 4.74 Å². The molecule has 1 saturated heterocycles. The first kappa shape index (κ1) is 17.6. The predicted octanol–water partition coefficient (Wildman–Crippen LogP) is 3.45. The number of fused-ring (bicyclic) bond motifs is 1. The number of likely N-dealkylation sites (tertiary alicyclic amines) is 1. The number of carbonyl (C=O) groups is 2. The number of aromatic nitrogens is 1. The zero-order valence-corrected chi connectivity index (χ0v) is 15.4. The Morgan fingerprint density at radius 3 is 2.74 bits per heavy atom. The van der Waals surface area contributed by atoms with Crippen LogP contribution >= 0.6 is 0 Å². The van der Waals surface area contributed by atoms with Gasteiger partial charge in [-0.1, -0.05) is 0 Å². The molecule has 2 fully saturated rings. The van der Waals surface area contributed by atoms with Crippen LogP contribution in [0.5, 0.6) is 0 Å². The minimum Gasteiger partial charge on any atom is -0.450 e. The second-order valence-electron chi connectivity index (χ2n) is 7.07. The zero-order chi connectivity index (χ0) is 18.8. The van der Waals surface area contributed by atoms with E-state index in [-0.39, 0.29) is 18.2 Å². The van der Waals surface area contributed by atoms with Crippen molar-refractivity contribution in [3.8, 4) is 0 Å². The number of anilines is 1. The Hall–Kier alpha value is -2.77. The molecule has 2 aliphatic rings. The highest BCUT2D eigenvalue weighted by Crippen LogP contribution is 2.40. The number of hydrogen-bond donors (Lipinski definition) is 2. The summed E-state index contributed by atoms with van der Waals surface area (Å²) in [6, 6.07) is 5.25. The van der Waals surface area contributed by atoms with E-state index in [9.17, 15) is 9.59 Å². The lowest BCUT2D eigenvalue weighted by Crippen LogP contribution is -2.47. The summed E-state index contributed by atoms with van der Waals surface area (Å²) >= 11 is 0. The maximum Gasteiger partial charge on any atom is 0.409 e. The number of benzene rings is 1. The van der Waals surface area contributed by atoms with Gasteiger partial charge in [0.1, 0.15) is 5.52 Å². The first-order valence-electron chi connectivity index (χ1n) is 9.52. The number of nitrogens with zero attached hydrogens (tertiary/aromatic N) is 2. The predicted molar refractivity (Wildman–Crippen MR) is 99.8 cm³/mol. The average Bonchev–Trinajstić information content (AvgIpc) is 3.42. The normalized spacial score (nSPS) is 17.7. The minimum absolute atomic E-state index is 0.0351. The molecule has 8 heteroatoms. The molecule has 1 aliphatic carbocycles. The molecule has 2 heterocycles. The van der Waals surface area contributed by atoms with E-state index in [4.69, 9.17) is 9.15 Å². The molecule has 27 heavy (non-hydrogen) atoms. The van der Waals surface area contributed by atoms with E-state index in [0.717, 1.165) is 29.8 Å². The molecular formula is C19H24N4O4. The summed E-state index contributed by atoms with van der Waals surface area (Å²) in [7, 11) is 0. The second-order valence-corrected chi connectivity index (χ2v) is 7.07. The van der Waals surface area contributed by atoms with Gasteiger partial charge in [-0.2, -0.15) is 0 Å². The summed E-state index contributed by atoms with van der Waals surface area (Å²) in [5.41, 5.74) is 2.19. The fraction of sp³-hybridized carbons (Fsp3) is 0.526. The molecule has 2 aromatic rings. The van der Waals surface area contributed by atoms with Crippen LogP contribution in [0.1, 0.15) is 44.4 Å². The second kappa shape index (κ2) is 7.46. The van der Waals surface area contributed by atoms with Gasteiger partial charge in [-0.3, -0.25) is 0 Å². The number of amides is 3. The Labute approximate surface area is 157 Å². The Morgan fingerprint density at radius 1 is 1.26 bits per heavy atom. The number of oxazole rings is 1. The van der Waals surface area contributed by atoms with Crippen LogP contribution in [0.4, 0.5) is 15.3 Å². The maximum absolute atomic E-state index is 12.3. The van der Waals surface area contributed by atoms with E-state index in [0.29, 0.717) is 44.1 Å². The lowest BCUT2D eigenvalue weighted by molar-refractivity contribution is 0.0959. The molecule has 144 valence electrons. The van der Waals surface area contributed by atoms with E-state index in [1.54, 1.807) is 11.8 Å². The van der Waals surface area contributed by atoms with Gasteiger partial charge in [0.05, 0.1) is 6.61 Å². The summed E-state index contributed by atoms with van der Waals surface area (Å²) in [4.78, 5) is 30.2. The van der Waals surface area contributed by atoms with Crippen molar-refractivity contribution in [1.29, 1.82) is 0 Å². The monoisotopic (exact) mass is 372 g/mol. The molecule has 1 aromatic carbocycles. The van der Waals surface area contributed by atoms with Crippen LogP contribution in [0.15, 0.2) is 22.6 Å². The Morgan fingerprint density at radius 2 is 2.04 bits per heavy atom. The largest absolute Gasteiger partial charge is 0.450 e. The van der Waals surface area contributed by atoms with Gasteiger partial charge < -0.3 is 24.7 Å². The van der Waals surface area contributed by atoms with Crippen LogP contribution in [0.2, 0.25) is 0 Å². The van der Waals surface area contributed by atoms with E-state index < -0.39 is 0 Å². The van der Waals surface area contributed by atoms with E-state index >= 15 is 0 Å². The van der Waals surface area contributed by atoms with Gasteiger partial charge in [-0.15, -0.1) is 0 Å². The molecule has 1 aromatic heterocycles. The number of nitrogens with one attached hydrogen (secondary N) is 2. The summed E-state index contributed by atoms with van der Waals surface area (Å²) in [5.74, 6) is 1.25. The molecule has 2 N–H and O–H groups in total. The summed E-state index contributed by atoms with van der Waals surface area (Å²) in [6.45, 7) is 3.33. The molecule has 1 saturated carbocycles. The van der Waals surface area contributed by atoms with Crippen LogP contribution in [0.25, 0.3) is 11.1 Å². The SMILES string of the molecule is CCOC(=O)N1CCC(NC(=O)Nc2ccc3oc(C4CC4)nc3c2)CC1. The highest BCUT2D eigenvalue weighted by molar-refractivity contribution is 5.91. The smallest absolute Gasteiger partial charge is 0.409 e. The minimum atomic E-state index is -0.285. The number of ether oxygens (including phenoxy) is 1. The van der Waals surface area contributed by atoms with Crippen LogP contribution in [0, 0.1) is 0 Å². The number of hydrogen-bond acceptors (Lipinski definition) is 5. The molecular weight excluding hydrogens is 348 g/mol. The van der Waals surface area contributed by atoms with Crippen molar-refractivity contribution in [1.82, 2.24) is 15.2 Å². The first-order valence-corrected chi connectivity index (χ1v) is 9.52. The van der Waals surface area contributed by atoms with Gasteiger partial charge in [-0.05, 0) is 50.8 Å². The molecule has 0 unspecified atom stereocenters. The standard InChI is InChI=1S/C19H24N4O4/c1-2-26-19(25)23-9-7-13(8-10-23)20-18(24)21-14-5-6-16-15(11-14)22-17(27-16)12-3-4-12/h5-6,11-13H,2-4,7-10H2,1H3,(H2,20,21,24). The maximum atomic E-state index is 12.3. The van der Waals surface area contributed by atoms with Gasteiger partial charge in [-0.25, -0.2) is 14.6 Å². The van der Waals surface area contributed by atoms with E-state index in [2.05, 4.69) is 15.6 Å². The molecule has 3 amide bonds. The quantitative estimate of drug-likeness (QED) is 0.857. The fourth-order valence-electron chi connectivity index (χ4n) is 3.30. The molecule has 0 radical (unpaired) electrons. The Bertz CT molecular complexity index is 837. The van der Waals surface area contributed by atoms with Gasteiger partial charge in [0.2, 0.25) is 0 Å². The number of carbonyl (C=O) groups excluding carboxylic acids is 2. The van der Waals surface area contributed by atoms with Crippen molar-refractivity contribution in [2.75, 3.05) is 25.0 Å². The van der Waals surface area contributed by atoms with Crippen molar-refractivity contribution >= 4 is 28.9 Å². The van der Waals surface area contributed by atoms with Crippen molar-refractivity contribution in [3.05, 3.63) is 24.1 Å². The molecule has 0 atom stereocenters. The first-order chi connectivity index (χ1) is 13.1. The van der Waals surface area contributed by atoms with Crippen molar-refractivity contribution in [3.63, 3.8) is 0 Å². The van der Waals surface area contributed by atoms with Gasteiger partial charge in [0.25, 0.3) is 0 Å². The lowest BCUT2D eigenvalue weighted by atomic mass is 10.1. The van der Waals surface area contributed by atoms with Gasteiger partial charge in [0.15, 0.2) is 11.5 Å². The topological polar surface area (TPSA) is 96.7 Å². The van der Waals surface area contributed by atoms with Gasteiger partial charge in [0, 0.05) is 30.7 Å². The number of urea groups is 1. The Balaban J connectivity index is 1.29. The van der Waals surface area contributed by atoms with Crippen molar-refractivity contribution < 1.29 is 18.7 Å². The number of piperidine rings is 1. The highest BCUT2D eigenvalue weighted by Gasteiger charge is 2.29. The molecule has 8 nitrogen and oxygen atoms in total. The molecule has 0 bridgehead atoms. The van der Waals surface area contributed by atoms with Crippen molar-refractivity contribution in [2.24, 2.45) is 0 Å². The zero-order valence-electron chi connectivity index (χ0n) is 15.4. The summed E-state index contributed by atoms with van der Waals surface area (Å²) in [6.07, 6.45) is 3.40. The molecule has 4 rings (SSSR count). The van der Waals surface area contributed by atoms with Gasteiger partial charge >= 0.3 is 12.1 Å². The molecule has 1 aliphatic heterocycles. The van der Waals surface area contributed by atoms with Crippen LogP contribution in [0.3, 0.4) is 0 Å². The highest BCUT2D eigenvalue weighted by atomic mass is 16.6. The van der Waals surface area contributed by atoms with Crippen molar-refractivity contribution in [2.45, 2.75) is 44.6 Å². The van der Waals surface area contributed by atoms with Crippen LogP contribution < -0.4 is 10.6 Å². The third kappa shape index (κ3) is 4.15. The number of rotatable bonds is 4. The summed E-state index contributed by atoms with van der Waals surface area (Å²) < 4.78 is 10.7. The summed E-state index contributed by atoms with van der Waals surface area (Å²) in [5, 5.41) is 5.82.